The normalized spacial score (nSPS) is 11.1. The van der Waals surface area contributed by atoms with Crippen molar-refractivity contribution in [3.63, 3.8) is 0 Å². The van der Waals surface area contributed by atoms with E-state index in [4.69, 9.17) is 9.47 Å². The van der Waals surface area contributed by atoms with Crippen LogP contribution in [0.3, 0.4) is 0 Å². The standard InChI is InChI=1S/C29H28N2O7S/c1-6-37-28(35)25-17(4)26(29(36)38-7-2)39-24(25)14-23(32)21(15-30)12-20-11-16(3)31(18(20)5)22-10-8-9-19(13-22)27(33)34/h8-13H,6-7,14H2,1-5H3,(H,33,34). The number of benzene rings is 1. The summed E-state index contributed by atoms with van der Waals surface area (Å²) < 4.78 is 12.1. The Morgan fingerprint density at radius 2 is 1.72 bits per heavy atom. The first-order valence-corrected chi connectivity index (χ1v) is 13.0. The van der Waals surface area contributed by atoms with Crippen LogP contribution in [0, 0.1) is 32.1 Å². The molecule has 0 saturated carbocycles. The maximum absolute atomic E-state index is 13.3. The van der Waals surface area contributed by atoms with Crippen molar-refractivity contribution in [3.8, 4) is 11.8 Å². The Bertz CT molecular complexity index is 1540. The maximum Gasteiger partial charge on any atom is 0.348 e. The highest BCUT2D eigenvalue weighted by Gasteiger charge is 2.28. The maximum atomic E-state index is 13.3. The van der Waals surface area contributed by atoms with Gasteiger partial charge in [0.2, 0.25) is 0 Å². The Labute approximate surface area is 229 Å². The van der Waals surface area contributed by atoms with Gasteiger partial charge in [-0.15, -0.1) is 11.3 Å². The monoisotopic (exact) mass is 548 g/mol. The zero-order chi connectivity index (χ0) is 28.9. The molecule has 0 atom stereocenters. The predicted molar refractivity (Wildman–Crippen MR) is 145 cm³/mol. The van der Waals surface area contributed by atoms with Crippen LogP contribution >= 0.6 is 11.3 Å². The van der Waals surface area contributed by atoms with E-state index >= 15 is 0 Å². The fourth-order valence-corrected chi connectivity index (χ4v) is 5.43. The van der Waals surface area contributed by atoms with Gasteiger partial charge in [0.1, 0.15) is 10.9 Å². The second-order valence-electron chi connectivity index (χ2n) is 8.58. The Morgan fingerprint density at radius 1 is 1.05 bits per heavy atom. The van der Waals surface area contributed by atoms with Crippen molar-refractivity contribution in [2.24, 2.45) is 0 Å². The predicted octanol–water partition coefficient (Wildman–Crippen LogP) is 5.23. The van der Waals surface area contributed by atoms with Crippen molar-refractivity contribution in [2.45, 2.75) is 41.0 Å². The van der Waals surface area contributed by atoms with Crippen molar-refractivity contribution in [2.75, 3.05) is 13.2 Å². The van der Waals surface area contributed by atoms with Gasteiger partial charge in [-0.1, -0.05) is 6.07 Å². The summed E-state index contributed by atoms with van der Waals surface area (Å²) in [6.45, 7) is 8.83. The van der Waals surface area contributed by atoms with Crippen molar-refractivity contribution >= 4 is 41.1 Å². The Morgan fingerprint density at radius 3 is 2.33 bits per heavy atom. The molecule has 202 valence electrons. The molecule has 9 nitrogen and oxygen atoms in total. The van der Waals surface area contributed by atoms with E-state index in [2.05, 4.69) is 0 Å². The SMILES string of the molecule is CCOC(=O)c1sc(CC(=O)C(C#N)=Cc2cc(C)n(-c3cccc(C(=O)O)c3)c2C)c(C(=O)OCC)c1C. The van der Waals surface area contributed by atoms with E-state index < -0.39 is 23.7 Å². The van der Waals surface area contributed by atoms with Gasteiger partial charge >= 0.3 is 17.9 Å². The molecule has 2 heterocycles. The first-order valence-electron chi connectivity index (χ1n) is 12.2. The summed E-state index contributed by atoms with van der Waals surface area (Å²) in [4.78, 5) is 50.3. The van der Waals surface area contributed by atoms with Crippen LogP contribution in [0.2, 0.25) is 0 Å². The van der Waals surface area contributed by atoms with Gasteiger partial charge in [0.15, 0.2) is 5.78 Å². The summed E-state index contributed by atoms with van der Waals surface area (Å²) in [6, 6.07) is 10.2. The third-order valence-electron chi connectivity index (χ3n) is 6.02. The lowest BCUT2D eigenvalue weighted by Crippen LogP contribution is -2.12. The van der Waals surface area contributed by atoms with Gasteiger partial charge in [0.05, 0.1) is 29.9 Å². The van der Waals surface area contributed by atoms with E-state index in [1.54, 1.807) is 52.0 Å². The third kappa shape index (κ3) is 6.16. The number of carbonyl (C=O) groups is 4. The molecule has 0 bridgehead atoms. The number of ketones is 1. The number of allylic oxidation sites excluding steroid dienone is 1. The highest BCUT2D eigenvalue weighted by atomic mass is 32.1. The average molecular weight is 549 g/mol. The molecule has 1 aromatic carbocycles. The third-order valence-corrected chi connectivity index (χ3v) is 7.30. The molecule has 0 aliphatic rings. The van der Waals surface area contributed by atoms with E-state index in [1.165, 1.54) is 12.1 Å². The van der Waals surface area contributed by atoms with Gasteiger partial charge < -0.3 is 19.1 Å². The molecule has 3 aromatic rings. The molecule has 0 aliphatic carbocycles. The van der Waals surface area contributed by atoms with Crippen LogP contribution < -0.4 is 0 Å². The van der Waals surface area contributed by atoms with Crippen LogP contribution in [0.4, 0.5) is 0 Å². The van der Waals surface area contributed by atoms with Gasteiger partial charge in [0.25, 0.3) is 0 Å². The molecule has 2 aromatic heterocycles. The summed E-state index contributed by atoms with van der Waals surface area (Å²) in [6.07, 6.45) is 1.19. The minimum absolute atomic E-state index is 0.116. The fourth-order valence-electron chi connectivity index (χ4n) is 4.24. The Kier molecular flexibility index (Phi) is 9.22. The first kappa shape index (κ1) is 29.1. The zero-order valence-corrected chi connectivity index (χ0v) is 23.1. The lowest BCUT2D eigenvalue weighted by atomic mass is 10.0. The summed E-state index contributed by atoms with van der Waals surface area (Å²) in [5.41, 5.74) is 3.24. The average Bonchev–Trinajstić information content (AvgIpc) is 3.36. The number of carbonyl (C=O) groups excluding carboxylic acids is 3. The smallest absolute Gasteiger partial charge is 0.348 e. The summed E-state index contributed by atoms with van der Waals surface area (Å²) >= 11 is 0.977. The van der Waals surface area contributed by atoms with Gasteiger partial charge in [-0.05, 0) is 76.1 Å². The Balaban J connectivity index is 2.00. The quantitative estimate of drug-likeness (QED) is 0.207. The Hall–Kier alpha value is -4.49. The van der Waals surface area contributed by atoms with E-state index in [9.17, 15) is 29.5 Å². The molecular formula is C29H28N2O7S. The molecule has 0 amide bonds. The molecule has 0 saturated heterocycles. The van der Waals surface area contributed by atoms with Crippen molar-refractivity contribution in [1.82, 2.24) is 4.57 Å². The molecule has 39 heavy (non-hydrogen) atoms. The van der Waals surface area contributed by atoms with Gasteiger partial charge in [-0.3, -0.25) is 4.79 Å². The minimum Gasteiger partial charge on any atom is -0.478 e. The largest absolute Gasteiger partial charge is 0.478 e. The summed E-state index contributed by atoms with van der Waals surface area (Å²) in [5, 5.41) is 19.2. The molecule has 0 spiro atoms. The van der Waals surface area contributed by atoms with Crippen LogP contribution in [0.5, 0.6) is 0 Å². The number of aryl methyl sites for hydroxylation is 1. The summed E-state index contributed by atoms with van der Waals surface area (Å²) in [7, 11) is 0. The number of thiophene rings is 1. The van der Waals surface area contributed by atoms with Crippen molar-refractivity contribution < 1.29 is 33.8 Å². The number of hydrogen-bond acceptors (Lipinski definition) is 8. The van der Waals surface area contributed by atoms with Crippen molar-refractivity contribution in [3.05, 3.63) is 79.3 Å². The number of nitriles is 1. The lowest BCUT2D eigenvalue weighted by Gasteiger charge is -2.10. The van der Waals surface area contributed by atoms with Gasteiger partial charge in [-0.25, -0.2) is 14.4 Å². The second-order valence-corrected chi connectivity index (χ2v) is 9.69. The molecule has 0 aliphatic heterocycles. The molecule has 0 fully saturated rings. The van der Waals surface area contributed by atoms with Crippen LogP contribution in [-0.4, -0.2) is 46.6 Å². The number of esters is 2. The lowest BCUT2D eigenvalue weighted by molar-refractivity contribution is -0.114. The van der Waals surface area contributed by atoms with Gasteiger partial charge in [-0.2, -0.15) is 5.26 Å². The fraction of sp³-hybridized carbons (Fsp3) is 0.276. The molecule has 3 rings (SSSR count). The number of aromatic nitrogens is 1. The topological polar surface area (TPSA) is 136 Å². The molecular weight excluding hydrogens is 520 g/mol. The number of aromatic carboxylic acids is 1. The van der Waals surface area contributed by atoms with Crippen LogP contribution in [-0.2, 0) is 20.7 Å². The van der Waals surface area contributed by atoms with Crippen LogP contribution in [0.1, 0.15) is 71.6 Å². The highest BCUT2D eigenvalue weighted by Crippen LogP contribution is 2.31. The number of hydrogen-bond donors (Lipinski definition) is 1. The number of nitrogens with zero attached hydrogens (tertiary/aromatic N) is 2. The highest BCUT2D eigenvalue weighted by molar-refractivity contribution is 7.14. The van der Waals surface area contributed by atoms with Crippen LogP contribution in [0.25, 0.3) is 11.8 Å². The van der Waals surface area contributed by atoms with Crippen LogP contribution in [0.15, 0.2) is 35.9 Å². The van der Waals surface area contributed by atoms with E-state index in [-0.39, 0.29) is 41.2 Å². The number of ether oxygens (including phenoxy) is 2. The number of carboxylic acid groups (broad SMARTS) is 1. The summed E-state index contributed by atoms with van der Waals surface area (Å²) in [5.74, 6) is -2.83. The van der Waals surface area contributed by atoms with E-state index in [0.29, 0.717) is 27.4 Å². The molecule has 0 unspecified atom stereocenters. The van der Waals surface area contributed by atoms with Crippen molar-refractivity contribution in [1.29, 1.82) is 5.26 Å². The minimum atomic E-state index is -1.05. The van der Waals surface area contributed by atoms with E-state index in [0.717, 1.165) is 17.0 Å². The first-order chi connectivity index (χ1) is 18.5. The number of Topliss-reactive ketones (excluding diaryl/α,β-unsaturated/α-hetero) is 1. The van der Waals surface area contributed by atoms with E-state index in [1.807, 2.05) is 17.6 Å². The molecule has 1 N–H and O–H groups in total. The molecule has 0 radical (unpaired) electrons. The second kappa shape index (κ2) is 12.4. The zero-order valence-electron chi connectivity index (χ0n) is 22.3. The number of rotatable bonds is 10. The van der Waals surface area contributed by atoms with Gasteiger partial charge in [0, 0.05) is 28.4 Å². The molecule has 10 heteroatoms. The number of carboxylic acids is 1.